The zero-order valence-electron chi connectivity index (χ0n) is 17.8. The van der Waals surface area contributed by atoms with Crippen molar-refractivity contribution in [2.75, 3.05) is 19.7 Å². The third-order valence-electron chi connectivity index (χ3n) is 5.50. The lowest BCUT2D eigenvalue weighted by molar-refractivity contribution is -0.126. The van der Waals surface area contributed by atoms with Gasteiger partial charge in [0.15, 0.2) is 0 Å². The van der Waals surface area contributed by atoms with E-state index in [0.29, 0.717) is 31.7 Å². The summed E-state index contributed by atoms with van der Waals surface area (Å²) in [5.74, 6) is 0.222. The van der Waals surface area contributed by atoms with Gasteiger partial charge in [-0.15, -0.1) is 0 Å². The number of carbonyl (C=O) groups excluding carboxylic acids is 1. The van der Waals surface area contributed by atoms with E-state index in [-0.39, 0.29) is 29.3 Å². The fourth-order valence-corrected chi connectivity index (χ4v) is 5.39. The van der Waals surface area contributed by atoms with E-state index < -0.39 is 10.0 Å². The molecular weight excluding hydrogens is 400 g/mol. The Kier molecular flexibility index (Phi) is 7.15. The summed E-state index contributed by atoms with van der Waals surface area (Å²) >= 11 is 0. The van der Waals surface area contributed by atoms with Crippen LogP contribution in [0.5, 0.6) is 5.75 Å². The predicted molar refractivity (Wildman–Crippen MR) is 117 cm³/mol. The zero-order valence-corrected chi connectivity index (χ0v) is 18.6. The molecule has 0 unspecified atom stereocenters. The molecule has 2 atom stereocenters. The SMILES string of the molecule is CCOc1ccc(S(=O)(=O)N2CCC[C@@H](C(=O)N[C@@H](C)c3ccccc3)C2)cc1C. The number of sulfonamides is 1. The Bertz CT molecular complexity index is 976. The smallest absolute Gasteiger partial charge is 0.243 e. The van der Waals surface area contributed by atoms with Crippen LogP contribution in [0.1, 0.15) is 43.9 Å². The summed E-state index contributed by atoms with van der Waals surface area (Å²) in [4.78, 5) is 13.1. The monoisotopic (exact) mass is 430 g/mol. The lowest BCUT2D eigenvalue weighted by Crippen LogP contribution is -2.45. The summed E-state index contributed by atoms with van der Waals surface area (Å²) in [5, 5.41) is 3.03. The predicted octanol–water partition coefficient (Wildman–Crippen LogP) is 3.67. The third kappa shape index (κ3) is 5.02. The van der Waals surface area contributed by atoms with Crippen molar-refractivity contribution in [3.63, 3.8) is 0 Å². The molecule has 2 aromatic carbocycles. The van der Waals surface area contributed by atoms with Crippen molar-refractivity contribution in [3.8, 4) is 5.75 Å². The molecular formula is C23H30N2O4S. The molecule has 1 amide bonds. The average Bonchev–Trinajstić information content (AvgIpc) is 2.76. The van der Waals surface area contributed by atoms with Gasteiger partial charge in [0, 0.05) is 13.1 Å². The van der Waals surface area contributed by atoms with Crippen LogP contribution < -0.4 is 10.1 Å². The molecule has 1 saturated heterocycles. The summed E-state index contributed by atoms with van der Waals surface area (Å²) in [5.41, 5.74) is 1.80. The summed E-state index contributed by atoms with van der Waals surface area (Å²) in [6.45, 7) is 6.81. The summed E-state index contributed by atoms with van der Waals surface area (Å²) in [7, 11) is -3.67. The highest BCUT2D eigenvalue weighted by atomic mass is 32.2. The Morgan fingerprint density at radius 2 is 1.97 bits per heavy atom. The van der Waals surface area contributed by atoms with E-state index >= 15 is 0 Å². The Morgan fingerprint density at radius 1 is 1.23 bits per heavy atom. The van der Waals surface area contributed by atoms with Crippen molar-refractivity contribution in [2.24, 2.45) is 5.92 Å². The van der Waals surface area contributed by atoms with Crippen LogP contribution in [0.25, 0.3) is 0 Å². The fourth-order valence-electron chi connectivity index (χ4n) is 3.78. The molecule has 1 aliphatic rings. The van der Waals surface area contributed by atoms with Gasteiger partial charge < -0.3 is 10.1 Å². The van der Waals surface area contributed by atoms with Gasteiger partial charge in [0.05, 0.1) is 23.5 Å². The first kappa shape index (κ1) is 22.3. The summed E-state index contributed by atoms with van der Waals surface area (Å²) in [6.07, 6.45) is 1.34. The number of piperidine rings is 1. The van der Waals surface area contributed by atoms with Crippen LogP contribution in [0.4, 0.5) is 0 Å². The molecule has 2 aromatic rings. The van der Waals surface area contributed by atoms with Gasteiger partial charge in [0.1, 0.15) is 5.75 Å². The van der Waals surface area contributed by atoms with Crippen LogP contribution in [-0.4, -0.2) is 38.3 Å². The number of ether oxygens (including phenoxy) is 1. The molecule has 0 spiro atoms. The number of benzene rings is 2. The van der Waals surface area contributed by atoms with Gasteiger partial charge in [-0.05, 0) is 62.9 Å². The van der Waals surface area contributed by atoms with Crippen LogP contribution in [0, 0.1) is 12.8 Å². The maximum Gasteiger partial charge on any atom is 0.243 e. The normalized spacial score (nSPS) is 18.6. The molecule has 6 nitrogen and oxygen atoms in total. The van der Waals surface area contributed by atoms with E-state index in [9.17, 15) is 13.2 Å². The minimum absolute atomic E-state index is 0.103. The molecule has 0 radical (unpaired) electrons. The van der Waals surface area contributed by atoms with Gasteiger partial charge in [-0.3, -0.25) is 4.79 Å². The van der Waals surface area contributed by atoms with Crippen LogP contribution >= 0.6 is 0 Å². The van der Waals surface area contributed by atoms with E-state index in [0.717, 1.165) is 11.1 Å². The highest BCUT2D eigenvalue weighted by molar-refractivity contribution is 7.89. The van der Waals surface area contributed by atoms with Gasteiger partial charge in [0.2, 0.25) is 15.9 Å². The van der Waals surface area contributed by atoms with Crippen molar-refractivity contribution >= 4 is 15.9 Å². The van der Waals surface area contributed by atoms with Crippen LogP contribution in [0.15, 0.2) is 53.4 Å². The highest BCUT2D eigenvalue weighted by Gasteiger charge is 2.34. The van der Waals surface area contributed by atoms with Gasteiger partial charge in [-0.2, -0.15) is 4.31 Å². The van der Waals surface area contributed by atoms with Gasteiger partial charge in [0.25, 0.3) is 0 Å². The lowest BCUT2D eigenvalue weighted by atomic mass is 9.98. The molecule has 0 saturated carbocycles. The molecule has 1 fully saturated rings. The Balaban J connectivity index is 1.70. The number of hydrogen-bond donors (Lipinski definition) is 1. The zero-order chi connectivity index (χ0) is 21.7. The molecule has 1 heterocycles. The van der Waals surface area contributed by atoms with Crippen LogP contribution in [0.2, 0.25) is 0 Å². The molecule has 30 heavy (non-hydrogen) atoms. The first-order valence-electron chi connectivity index (χ1n) is 10.4. The standard InChI is InChI=1S/C23H30N2O4S/c1-4-29-22-13-12-21(15-17(22)2)30(27,28)25-14-8-11-20(16-25)23(26)24-18(3)19-9-6-5-7-10-19/h5-7,9-10,12-13,15,18,20H,4,8,11,14,16H2,1-3H3,(H,24,26)/t18-,20+/m0/s1. The number of nitrogens with one attached hydrogen (secondary N) is 1. The van der Waals surface area contributed by atoms with E-state index in [4.69, 9.17) is 4.74 Å². The maximum atomic E-state index is 13.2. The summed E-state index contributed by atoms with van der Waals surface area (Å²) in [6, 6.07) is 14.5. The van der Waals surface area contributed by atoms with Crippen LogP contribution in [0.3, 0.4) is 0 Å². The van der Waals surface area contributed by atoms with Crippen molar-refractivity contribution < 1.29 is 17.9 Å². The van der Waals surface area contributed by atoms with Crippen molar-refractivity contribution in [1.29, 1.82) is 0 Å². The first-order chi connectivity index (χ1) is 14.3. The van der Waals surface area contributed by atoms with Crippen molar-refractivity contribution in [2.45, 2.75) is 44.6 Å². The average molecular weight is 431 g/mol. The quantitative estimate of drug-likeness (QED) is 0.727. The third-order valence-corrected chi connectivity index (χ3v) is 7.36. The van der Waals surface area contributed by atoms with Crippen molar-refractivity contribution in [1.82, 2.24) is 9.62 Å². The maximum absolute atomic E-state index is 13.2. The molecule has 162 valence electrons. The van der Waals surface area contributed by atoms with E-state index in [2.05, 4.69) is 5.32 Å². The summed E-state index contributed by atoms with van der Waals surface area (Å²) < 4.78 is 33.3. The highest BCUT2D eigenvalue weighted by Crippen LogP contribution is 2.28. The van der Waals surface area contributed by atoms with Gasteiger partial charge >= 0.3 is 0 Å². The second-order valence-corrected chi connectivity index (χ2v) is 9.64. The first-order valence-corrected chi connectivity index (χ1v) is 11.9. The Hall–Kier alpha value is -2.38. The molecule has 1 aliphatic heterocycles. The second-order valence-electron chi connectivity index (χ2n) is 7.70. The largest absolute Gasteiger partial charge is 0.494 e. The molecule has 1 N–H and O–H groups in total. The second kappa shape index (κ2) is 9.62. The van der Waals surface area contributed by atoms with E-state index in [1.54, 1.807) is 18.2 Å². The Labute approximate surface area is 179 Å². The number of nitrogens with zero attached hydrogens (tertiary/aromatic N) is 1. The topological polar surface area (TPSA) is 75.7 Å². The van der Waals surface area contributed by atoms with E-state index in [1.165, 1.54) is 4.31 Å². The fraction of sp³-hybridized carbons (Fsp3) is 0.435. The van der Waals surface area contributed by atoms with Gasteiger partial charge in [-0.25, -0.2) is 8.42 Å². The molecule has 0 bridgehead atoms. The van der Waals surface area contributed by atoms with E-state index in [1.807, 2.05) is 51.1 Å². The van der Waals surface area contributed by atoms with Crippen molar-refractivity contribution in [3.05, 3.63) is 59.7 Å². The minimum Gasteiger partial charge on any atom is -0.494 e. The molecule has 7 heteroatoms. The van der Waals surface area contributed by atoms with Crippen LogP contribution in [-0.2, 0) is 14.8 Å². The number of carbonyl (C=O) groups is 1. The Morgan fingerprint density at radius 3 is 2.63 bits per heavy atom. The van der Waals surface area contributed by atoms with Gasteiger partial charge in [-0.1, -0.05) is 30.3 Å². The number of aryl methyl sites for hydroxylation is 1. The number of amides is 1. The lowest BCUT2D eigenvalue weighted by Gasteiger charge is -2.32. The number of rotatable bonds is 7. The molecule has 3 rings (SSSR count). The molecule has 0 aliphatic carbocycles. The molecule has 0 aromatic heterocycles. The minimum atomic E-state index is -3.67. The number of hydrogen-bond acceptors (Lipinski definition) is 4.